The molecule has 112 valence electrons. The zero-order valence-corrected chi connectivity index (χ0v) is 12.7. The molecule has 0 aromatic rings. The third-order valence-corrected chi connectivity index (χ3v) is 2.88. The second-order valence-corrected chi connectivity index (χ2v) is 4.84. The Bertz CT molecular complexity index is 223. The van der Waals surface area contributed by atoms with Gasteiger partial charge >= 0.3 is 11.9 Å². The van der Waals surface area contributed by atoms with Crippen molar-refractivity contribution in [3.8, 4) is 0 Å². The van der Waals surface area contributed by atoms with Gasteiger partial charge < -0.3 is 9.47 Å². The van der Waals surface area contributed by atoms with Crippen LogP contribution in [0.4, 0.5) is 0 Å². The highest BCUT2D eigenvalue weighted by Crippen LogP contribution is 2.01. The molecule has 0 aliphatic rings. The fourth-order valence-corrected chi connectivity index (χ4v) is 1.68. The Morgan fingerprint density at radius 3 is 1.47 bits per heavy atom. The van der Waals surface area contributed by atoms with Gasteiger partial charge in [0.2, 0.25) is 0 Å². The van der Waals surface area contributed by atoms with E-state index in [1.807, 2.05) is 0 Å². The number of unbranched alkanes of at least 4 members (excludes halogenated alkanes) is 2. The van der Waals surface area contributed by atoms with Crippen molar-refractivity contribution in [2.24, 2.45) is 0 Å². The van der Waals surface area contributed by atoms with Crippen LogP contribution in [0.1, 0.15) is 44.9 Å². The number of halogens is 2. The number of esters is 2. The molecule has 0 saturated carbocycles. The fraction of sp³-hybridized carbons (Fsp3) is 0.846. The molecule has 0 aliphatic heterocycles. The first-order valence-electron chi connectivity index (χ1n) is 6.64. The molecule has 0 aliphatic carbocycles. The minimum atomic E-state index is -0.224. The van der Waals surface area contributed by atoms with E-state index in [-0.39, 0.29) is 25.2 Å². The Morgan fingerprint density at radius 2 is 1.11 bits per heavy atom. The van der Waals surface area contributed by atoms with Crippen LogP contribution < -0.4 is 0 Å². The highest BCUT2D eigenvalue weighted by molar-refractivity contribution is 6.18. The summed E-state index contributed by atoms with van der Waals surface area (Å²) in [5.74, 6) is 0.678. The number of alkyl halides is 2. The average Bonchev–Trinajstić information content (AvgIpc) is 2.39. The van der Waals surface area contributed by atoms with E-state index in [4.69, 9.17) is 32.7 Å². The number of rotatable bonds is 12. The predicted octanol–water partition coefficient (Wildman–Crippen LogP) is 3.28. The van der Waals surface area contributed by atoms with E-state index in [9.17, 15) is 9.59 Å². The summed E-state index contributed by atoms with van der Waals surface area (Å²) in [5.41, 5.74) is 0. The third-order valence-electron chi connectivity index (χ3n) is 2.34. The second-order valence-electron chi connectivity index (χ2n) is 4.09. The van der Waals surface area contributed by atoms with Gasteiger partial charge in [0.1, 0.15) is 0 Å². The summed E-state index contributed by atoms with van der Waals surface area (Å²) >= 11 is 11.0. The minimum absolute atomic E-state index is 0.224. The molecule has 0 fully saturated rings. The van der Waals surface area contributed by atoms with E-state index in [0.717, 1.165) is 25.7 Å². The molecule has 0 spiro atoms. The maximum atomic E-state index is 11.2. The van der Waals surface area contributed by atoms with E-state index in [0.29, 0.717) is 31.0 Å². The Kier molecular flexibility index (Phi) is 13.6. The summed E-state index contributed by atoms with van der Waals surface area (Å²) in [4.78, 5) is 22.4. The van der Waals surface area contributed by atoms with E-state index in [2.05, 4.69) is 0 Å². The second kappa shape index (κ2) is 13.9. The zero-order chi connectivity index (χ0) is 14.3. The van der Waals surface area contributed by atoms with Gasteiger partial charge in [-0.1, -0.05) is 0 Å². The molecule has 6 heteroatoms. The number of carbonyl (C=O) groups is 2. The standard InChI is InChI=1S/C13H22Cl2O4/c14-8-3-1-6-12(16)18-10-5-11-19-13(17)7-2-4-9-15/h1-11H2. The monoisotopic (exact) mass is 312 g/mol. The molecule has 0 heterocycles. The lowest BCUT2D eigenvalue weighted by molar-refractivity contribution is -0.146. The molecular weight excluding hydrogens is 291 g/mol. The summed E-state index contributed by atoms with van der Waals surface area (Å²) in [7, 11) is 0. The molecule has 0 rings (SSSR count). The molecule has 0 atom stereocenters. The quantitative estimate of drug-likeness (QED) is 0.315. The maximum absolute atomic E-state index is 11.2. The molecule has 0 N–H and O–H groups in total. The first-order chi connectivity index (χ1) is 9.20. The van der Waals surface area contributed by atoms with Gasteiger partial charge in [-0.2, -0.15) is 0 Å². The summed E-state index contributed by atoms with van der Waals surface area (Å²) in [6.45, 7) is 0.573. The molecule has 0 amide bonds. The molecule has 0 aromatic carbocycles. The molecule has 0 bridgehead atoms. The van der Waals surface area contributed by atoms with Crippen LogP contribution in [0.25, 0.3) is 0 Å². The van der Waals surface area contributed by atoms with Gasteiger partial charge in [-0.3, -0.25) is 9.59 Å². The normalized spacial score (nSPS) is 10.2. The topological polar surface area (TPSA) is 52.6 Å². The lowest BCUT2D eigenvalue weighted by atomic mass is 10.2. The van der Waals surface area contributed by atoms with Gasteiger partial charge in [0.25, 0.3) is 0 Å². The van der Waals surface area contributed by atoms with Gasteiger partial charge in [0.15, 0.2) is 0 Å². The highest BCUT2D eigenvalue weighted by Gasteiger charge is 2.04. The van der Waals surface area contributed by atoms with Crippen molar-refractivity contribution in [3.63, 3.8) is 0 Å². The molecular formula is C13H22Cl2O4. The third kappa shape index (κ3) is 13.7. The minimum Gasteiger partial charge on any atom is -0.466 e. The van der Waals surface area contributed by atoms with Crippen molar-refractivity contribution in [2.45, 2.75) is 44.9 Å². The van der Waals surface area contributed by atoms with E-state index >= 15 is 0 Å². The van der Waals surface area contributed by atoms with Crippen molar-refractivity contribution in [3.05, 3.63) is 0 Å². The van der Waals surface area contributed by atoms with Crippen LogP contribution in [-0.4, -0.2) is 36.9 Å². The number of ether oxygens (including phenoxy) is 2. The van der Waals surface area contributed by atoms with Crippen molar-refractivity contribution >= 4 is 35.1 Å². The first-order valence-corrected chi connectivity index (χ1v) is 7.70. The molecule has 0 radical (unpaired) electrons. The predicted molar refractivity (Wildman–Crippen MR) is 75.7 cm³/mol. The Hall–Kier alpha value is -0.480. The van der Waals surface area contributed by atoms with E-state index in [1.165, 1.54) is 0 Å². The fourth-order valence-electron chi connectivity index (χ4n) is 1.30. The molecule has 4 nitrogen and oxygen atoms in total. The number of hydrogen-bond acceptors (Lipinski definition) is 4. The van der Waals surface area contributed by atoms with Crippen molar-refractivity contribution in [1.82, 2.24) is 0 Å². The molecule has 0 aromatic heterocycles. The summed E-state index contributed by atoms with van der Waals surface area (Å²) < 4.78 is 9.96. The van der Waals surface area contributed by atoms with Crippen LogP contribution in [0.3, 0.4) is 0 Å². The van der Waals surface area contributed by atoms with Gasteiger partial charge in [-0.05, 0) is 25.7 Å². The van der Waals surface area contributed by atoms with Crippen molar-refractivity contribution in [2.75, 3.05) is 25.0 Å². The smallest absolute Gasteiger partial charge is 0.305 e. The average molecular weight is 313 g/mol. The molecule has 19 heavy (non-hydrogen) atoms. The van der Waals surface area contributed by atoms with Crippen molar-refractivity contribution in [1.29, 1.82) is 0 Å². The van der Waals surface area contributed by atoms with Crippen LogP contribution in [0.2, 0.25) is 0 Å². The Morgan fingerprint density at radius 1 is 0.684 bits per heavy atom. The van der Waals surface area contributed by atoms with Gasteiger partial charge in [0.05, 0.1) is 13.2 Å². The van der Waals surface area contributed by atoms with Crippen LogP contribution in [0, 0.1) is 0 Å². The zero-order valence-electron chi connectivity index (χ0n) is 11.2. The number of carbonyl (C=O) groups excluding carboxylic acids is 2. The highest BCUT2D eigenvalue weighted by atomic mass is 35.5. The lowest BCUT2D eigenvalue weighted by Crippen LogP contribution is -2.10. The van der Waals surface area contributed by atoms with Crippen LogP contribution in [0.15, 0.2) is 0 Å². The van der Waals surface area contributed by atoms with Gasteiger partial charge in [-0.25, -0.2) is 0 Å². The largest absolute Gasteiger partial charge is 0.466 e. The van der Waals surface area contributed by atoms with E-state index in [1.54, 1.807) is 0 Å². The van der Waals surface area contributed by atoms with Crippen LogP contribution in [-0.2, 0) is 19.1 Å². The molecule has 0 unspecified atom stereocenters. The maximum Gasteiger partial charge on any atom is 0.305 e. The Balaban J connectivity index is 3.29. The van der Waals surface area contributed by atoms with E-state index < -0.39 is 0 Å². The summed E-state index contributed by atoms with van der Waals surface area (Å²) in [6.07, 6.45) is 4.45. The lowest BCUT2D eigenvalue weighted by Gasteiger charge is -2.06. The van der Waals surface area contributed by atoms with Crippen LogP contribution >= 0.6 is 23.2 Å². The van der Waals surface area contributed by atoms with Crippen molar-refractivity contribution < 1.29 is 19.1 Å². The summed E-state index contributed by atoms with van der Waals surface area (Å²) in [5, 5.41) is 0. The van der Waals surface area contributed by atoms with Crippen LogP contribution in [0.5, 0.6) is 0 Å². The Labute approximate surface area is 124 Å². The first kappa shape index (κ1) is 18.5. The van der Waals surface area contributed by atoms with Gasteiger partial charge in [0, 0.05) is 31.0 Å². The summed E-state index contributed by atoms with van der Waals surface area (Å²) in [6, 6.07) is 0. The van der Waals surface area contributed by atoms with Gasteiger partial charge in [-0.15, -0.1) is 23.2 Å². The molecule has 0 saturated heterocycles. The SMILES string of the molecule is O=C(CCCCCl)OCCCOC(=O)CCCCCl. The number of hydrogen-bond donors (Lipinski definition) is 0.